The van der Waals surface area contributed by atoms with Gasteiger partial charge < -0.3 is 0 Å². The van der Waals surface area contributed by atoms with E-state index in [1.807, 2.05) is 6.92 Å². The minimum atomic E-state index is -0.288. The molecule has 1 N–H and O–H groups in total. The highest BCUT2D eigenvalue weighted by Crippen LogP contribution is 2.24. The number of hydrazine groups is 1. The van der Waals surface area contributed by atoms with Gasteiger partial charge >= 0.3 is 0 Å². The summed E-state index contributed by atoms with van der Waals surface area (Å²) in [4.78, 5) is 0. The van der Waals surface area contributed by atoms with Crippen molar-refractivity contribution in [2.24, 2.45) is 0 Å². The molecule has 0 saturated carbocycles. The fraction of sp³-hybridized carbons (Fsp3) is 0.538. The van der Waals surface area contributed by atoms with Gasteiger partial charge in [-0.2, -0.15) is 0 Å². The summed E-state index contributed by atoms with van der Waals surface area (Å²) >= 11 is 6.04. The molecule has 0 bridgehead atoms. The Kier molecular flexibility index (Phi) is 4.37. The van der Waals surface area contributed by atoms with Crippen LogP contribution in [-0.4, -0.2) is 18.1 Å². The van der Waals surface area contributed by atoms with E-state index < -0.39 is 0 Å². The van der Waals surface area contributed by atoms with Crippen LogP contribution in [0.15, 0.2) is 18.2 Å². The van der Waals surface area contributed by atoms with Crippen LogP contribution in [0.25, 0.3) is 0 Å². The summed E-state index contributed by atoms with van der Waals surface area (Å²) in [7, 11) is 0. The monoisotopic (exact) mass is 256 g/mol. The van der Waals surface area contributed by atoms with Gasteiger partial charge in [-0.1, -0.05) is 24.1 Å². The number of nitrogens with zero attached hydrogens (tertiary/aromatic N) is 1. The molecule has 1 aromatic carbocycles. The number of rotatable bonds is 3. The second-order valence-electron chi connectivity index (χ2n) is 4.56. The Morgan fingerprint density at radius 1 is 1.29 bits per heavy atom. The van der Waals surface area contributed by atoms with Gasteiger partial charge in [0, 0.05) is 24.2 Å². The van der Waals surface area contributed by atoms with Gasteiger partial charge in [0.1, 0.15) is 5.82 Å². The van der Waals surface area contributed by atoms with Crippen molar-refractivity contribution in [2.75, 3.05) is 13.1 Å². The zero-order chi connectivity index (χ0) is 12.3. The number of nitrogens with one attached hydrogen (secondary N) is 1. The van der Waals surface area contributed by atoms with Gasteiger partial charge in [0.05, 0.1) is 0 Å². The van der Waals surface area contributed by atoms with E-state index in [9.17, 15) is 4.39 Å². The average molecular weight is 257 g/mol. The molecular formula is C13H18ClFN2. The van der Waals surface area contributed by atoms with Crippen LogP contribution in [0, 0.1) is 5.82 Å². The minimum absolute atomic E-state index is 0.112. The maximum Gasteiger partial charge on any atom is 0.124 e. The van der Waals surface area contributed by atoms with Gasteiger partial charge in [-0.3, -0.25) is 0 Å². The number of hydrogen-bond acceptors (Lipinski definition) is 2. The molecule has 4 heteroatoms. The van der Waals surface area contributed by atoms with Gasteiger partial charge in [0.25, 0.3) is 0 Å². The number of piperidine rings is 1. The smallest absolute Gasteiger partial charge is 0.124 e. The zero-order valence-corrected chi connectivity index (χ0v) is 10.8. The normalized spacial score (nSPS) is 19.2. The molecule has 0 spiro atoms. The molecule has 1 aliphatic rings. The Morgan fingerprint density at radius 3 is 2.65 bits per heavy atom. The van der Waals surface area contributed by atoms with Crippen LogP contribution in [0.4, 0.5) is 4.39 Å². The van der Waals surface area contributed by atoms with Gasteiger partial charge in [-0.05, 0) is 37.5 Å². The van der Waals surface area contributed by atoms with Gasteiger partial charge in [-0.25, -0.2) is 14.8 Å². The van der Waals surface area contributed by atoms with E-state index in [0.717, 1.165) is 18.7 Å². The summed E-state index contributed by atoms with van der Waals surface area (Å²) in [6.45, 7) is 4.19. The third-order valence-electron chi connectivity index (χ3n) is 3.16. The molecule has 1 atom stereocenters. The lowest BCUT2D eigenvalue weighted by atomic mass is 10.1. The van der Waals surface area contributed by atoms with Crippen molar-refractivity contribution in [1.29, 1.82) is 0 Å². The van der Waals surface area contributed by atoms with Crippen molar-refractivity contribution in [2.45, 2.75) is 32.2 Å². The van der Waals surface area contributed by atoms with E-state index in [-0.39, 0.29) is 11.9 Å². The van der Waals surface area contributed by atoms with E-state index in [4.69, 9.17) is 11.6 Å². The van der Waals surface area contributed by atoms with Crippen LogP contribution >= 0.6 is 11.6 Å². The Balaban J connectivity index is 2.00. The van der Waals surface area contributed by atoms with Gasteiger partial charge in [-0.15, -0.1) is 0 Å². The second-order valence-corrected chi connectivity index (χ2v) is 4.97. The summed E-state index contributed by atoms with van der Waals surface area (Å²) in [5.74, 6) is -0.288. The lowest BCUT2D eigenvalue weighted by Gasteiger charge is -2.30. The Hall–Kier alpha value is -0.640. The molecule has 1 aromatic rings. The topological polar surface area (TPSA) is 15.3 Å². The van der Waals surface area contributed by atoms with Crippen molar-refractivity contribution >= 4 is 11.6 Å². The first-order chi connectivity index (χ1) is 8.16. The molecular weight excluding hydrogens is 239 g/mol. The molecule has 1 saturated heterocycles. The highest BCUT2D eigenvalue weighted by molar-refractivity contribution is 6.31. The van der Waals surface area contributed by atoms with Gasteiger partial charge in [0.2, 0.25) is 0 Å². The molecule has 17 heavy (non-hydrogen) atoms. The first kappa shape index (κ1) is 12.8. The van der Waals surface area contributed by atoms with Crippen molar-refractivity contribution in [1.82, 2.24) is 10.4 Å². The molecule has 2 rings (SSSR count). The third-order valence-corrected chi connectivity index (χ3v) is 3.49. The Bertz CT molecular complexity index is 378. The minimum Gasteiger partial charge on any atom is -0.248 e. The summed E-state index contributed by atoms with van der Waals surface area (Å²) in [5.41, 5.74) is 4.37. The molecule has 2 nitrogen and oxygen atoms in total. The first-order valence-corrected chi connectivity index (χ1v) is 6.50. The predicted molar refractivity (Wildman–Crippen MR) is 68.4 cm³/mol. The third kappa shape index (κ3) is 3.41. The Morgan fingerprint density at radius 2 is 2.00 bits per heavy atom. The Labute approximate surface area is 107 Å². The zero-order valence-electron chi connectivity index (χ0n) is 10.0. The fourth-order valence-corrected chi connectivity index (χ4v) is 2.55. The molecule has 1 heterocycles. The summed E-state index contributed by atoms with van der Waals surface area (Å²) < 4.78 is 13.0. The highest BCUT2D eigenvalue weighted by atomic mass is 35.5. The number of benzene rings is 1. The molecule has 1 fully saturated rings. The molecule has 0 aliphatic carbocycles. The largest absolute Gasteiger partial charge is 0.248 e. The average Bonchev–Trinajstić information content (AvgIpc) is 2.30. The predicted octanol–water partition coefficient (Wildman–Crippen LogP) is 3.53. The second kappa shape index (κ2) is 5.80. The first-order valence-electron chi connectivity index (χ1n) is 6.13. The maximum atomic E-state index is 13.0. The fourth-order valence-electron chi connectivity index (χ4n) is 2.22. The van der Waals surface area contributed by atoms with Crippen molar-refractivity contribution in [3.63, 3.8) is 0 Å². The highest BCUT2D eigenvalue weighted by Gasteiger charge is 2.15. The van der Waals surface area contributed by atoms with Crippen molar-refractivity contribution in [3.05, 3.63) is 34.6 Å². The van der Waals surface area contributed by atoms with Crippen LogP contribution in [0.1, 0.15) is 37.8 Å². The number of hydrogen-bond donors (Lipinski definition) is 1. The molecule has 0 aromatic heterocycles. The standard InChI is InChI=1S/C13H18ClFN2/c1-10(16-17-7-3-2-4-8-17)12-6-5-11(15)9-13(12)14/h5-6,9-10,16H,2-4,7-8H2,1H3. The molecule has 1 aliphatic heterocycles. The van der Waals surface area contributed by atoms with Crippen LogP contribution in [0.3, 0.4) is 0 Å². The quantitative estimate of drug-likeness (QED) is 0.890. The number of halogens is 2. The van der Waals surface area contributed by atoms with E-state index in [1.165, 1.54) is 31.4 Å². The molecule has 94 valence electrons. The van der Waals surface area contributed by atoms with Crippen molar-refractivity contribution in [3.8, 4) is 0 Å². The molecule has 0 amide bonds. The van der Waals surface area contributed by atoms with Crippen LogP contribution in [-0.2, 0) is 0 Å². The SMILES string of the molecule is CC(NN1CCCCC1)c1ccc(F)cc1Cl. The van der Waals surface area contributed by atoms with E-state index >= 15 is 0 Å². The summed E-state index contributed by atoms with van der Waals surface area (Å²) in [5, 5.41) is 2.72. The summed E-state index contributed by atoms with van der Waals surface area (Å²) in [6, 6.07) is 4.68. The molecule has 1 unspecified atom stereocenters. The van der Waals surface area contributed by atoms with Crippen LogP contribution in [0.5, 0.6) is 0 Å². The lowest BCUT2D eigenvalue weighted by molar-refractivity contribution is 0.133. The van der Waals surface area contributed by atoms with Gasteiger partial charge in [0.15, 0.2) is 0 Å². The molecule has 0 radical (unpaired) electrons. The summed E-state index contributed by atoms with van der Waals surface area (Å²) in [6.07, 6.45) is 3.78. The van der Waals surface area contributed by atoms with Crippen LogP contribution < -0.4 is 5.43 Å². The van der Waals surface area contributed by atoms with E-state index in [2.05, 4.69) is 10.4 Å². The van der Waals surface area contributed by atoms with Crippen LogP contribution in [0.2, 0.25) is 5.02 Å². The van der Waals surface area contributed by atoms with E-state index in [1.54, 1.807) is 6.07 Å². The maximum absolute atomic E-state index is 13.0. The van der Waals surface area contributed by atoms with E-state index in [0.29, 0.717) is 5.02 Å². The van der Waals surface area contributed by atoms with Crippen molar-refractivity contribution < 1.29 is 4.39 Å². The lowest BCUT2D eigenvalue weighted by Crippen LogP contribution is -2.42.